The van der Waals surface area contributed by atoms with Gasteiger partial charge in [-0.2, -0.15) is 0 Å². The van der Waals surface area contributed by atoms with Gasteiger partial charge in [0.1, 0.15) is 0 Å². The predicted molar refractivity (Wildman–Crippen MR) is 76.8 cm³/mol. The summed E-state index contributed by atoms with van der Waals surface area (Å²) < 4.78 is 0. The highest BCUT2D eigenvalue weighted by Crippen LogP contribution is 2.21. The number of likely N-dealkylation sites (tertiary alicyclic amines) is 1. The monoisotopic (exact) mass is 276 g/mol. The molecule has 1 atom stereocenters. The Balaban J connectivity index is 2.02. The van der Waals surface area contributed by atoms with E-state index in [0.29, 0.717) is 17.3 Å². The molecule has 1 saturated heterocycles. The molecule has 1 aliphatic heterocycles. The summed E-state index contributed by atoms with van der Waals surface area (Å²) in [7, 11) is 0. The standard InChI is InChI=1S/C15H20N2O3/c1-2-13-7-4-8-17(13)15(20)16-12-6-3-5-11(9-12)10-14(18)19/h3,5-6,9,13H,2,4,7-8,10H2,1H3,(H,16,20)(H,18,19). The van der Waals surface area contributed by atoms with Crippen molar-refractivity contribution in [1.29, 1.82) is 0 Å². The molecule has 2 N–H and O–H groups in total. The van der Waals surface area contributed by atoms with Crippen LogP contribution in [-0.4, -0.2) is 34.6 Å². The molecule has 1 fully saturated rings. The van der Waals surface area contributed by atoms with Crippen molar-refractivity contribution >= 4 is 17.7 Å². The molecule has 5 nitrogen and oxygen atoms in total. The average Bonchev–Trinajstić information content (AvgIpc) is 2.86. The zero-order chi connectivity index (χ0) is 14.5. The second-order valence-corrected chi connectivity index (χ2v) is 5.10. The first-order valence-electron chi connectivity index (χ1n) is 6.98. The van der Waals surface area contributed by atoms with E-state index >= 15 is 0 Å². The van der Waals surface area contributed by atoms with E-state index in [9.17, 15) is 9.59 Å². The van der Waals surface area contributed by atoms with Gasteiger partial charge in [-0.1, -0.05) is 19.1 Å². The Bertz CT molecular complexity index is 502. The van der Waals surface area contributed by atoms with E-state index in [4.69, 9.17) is 5.11 Å². The van der Waals surface area contributed by atoms with E-state index in [1.807, 2.05) is 4.90 Å². The fourth-order valence-corrected chi connectivity index (χ4v) is 2.66. The number of hydrogen-bond acceptors (Lipinski definition) is 2. The second kappa shape index (κ2) is 6.41. The Hall–Kier alpha value is -2.04. The molecule has 0 bridgehead atoms. The van der Waals surface area contributed by atoms with Crippen LogP contribution in [-0.2, 0) is 11.2 Å². The van der Waals surface area contributed by atoms with E-state index in [1.165, 1.54) is 0 Å². The van der Waals surface area contributed by atoms with E-state index in [1.54, 1.807) is 24.3 Å². The van der Waals surface area contributed by atoms with E-state index in [-0.39, 0.29) is 12.5 Å². The molecular weight excluding hydrogens is 256 g/mol. The minimum Gasteiger partial charge on any atom is -0.481 e. The van der Waals surface area contributed by atoms with Gasteiger partial charge in [0.15, 0.2) is 0 Å². The van der Waals surface area contributed by atoms with Crippen LogP contribution in [0, 0.1) is 0 Å². The highest BCUT2D eigenvalue weighted by atomic mass is 16.4. The Morgan fingerprint density at radius 3 is 2.95 bits per heavy atom. The van der Waals surface area contributed by atoms with E-state index < -0.39 is 5.97 Å². The SMILES string of the molecule is CCC1CCCN1C(=O)Nc1cccc(CC(=O)O)c1. The Kier molecular flexibility index (Phi) is 4.61. The van der Waals surface area contributed by atoms with Crippen LogP contribution in [0.4, 0.5) is 10.5 Å². The molecule has 0 radical (unpaired) electrons. The van der Waals surface area contributed by atoms with Crippen LogP contribution in [0.5, 0.6) is 0 Å². The minimum absolute atomic E-state index is 0.0367. The average molecular weight is 276 g/mol. The van der Waals surface area contributed by atoms with Gasteiger partial charge in [-0.25, -0.2) is 4.79 Å². The first kappa shape index (κ1) is 14.4. The molecule has 0 aliphatic carbocycles. The number of carboxylic acids is 1. The summed E-state index contributed by atoms with van der Waals surface area (Å²) in [6, 6.07) is 7.21. The summed E-state index contributed by atoms with van der Waals surface area (Å²) in [5.74, 6) is -0.876. The van der Waals surface area contributed by atoms with Crippen LogP contribution in [0.3, 0.4) is 0 Å². The number of urea groups is 1. The van der Waals surface area contributed by atoms with Crippen LogP contribution >= 0.6 is 0 Å². The number of amides is 2. The number of hydrogen-bond donors (Lipinski definition) is 2. The van der Waals surface area contributed by atoms with E-state index in [2.05, 4.69) is 12.2 Å². The summed E-state index contributed by atoms with van der Waals surface area (Å²) >= 11 is 0. The molecule has 2 amide bonds. The molecule has 0 spiro atoms. The van der Waals surface area contributed by atoms with Crippen LogP contribution in [0.25, 0.3) is 0 Å². The highest BCUT2D eigenvalue weighted by molar-refractivity contribution is 5.90. The molecule has 0 aromatic heterocycles. The van der Waals surface area contributed by atoms with Crippen molar-refractivity contribution in [2.75, 3.05) is 11.9 Å². The zero-order valence-electron chi connectivity index (χ0n) is 11.6. The van der Waals surface area contributed by atoms with Crippen molar-refractivity contribution in [3.63, 3.8) is 0 Å². The smallest absolute Gasteiger partial charge is 0.322 e. The quantitative estimate of drug-likeness (QED) is 0.888. The Morgan fingerprint density at radius 2 is 2.25 bits per heavy atom. The van der Waals surface area contributed by atoms with Crippen molar-refractivity contribution in [3.05, 3.63) is 29.8 Å². The van der Waals surface area contributed by atoms with Gasteiger partial charge in [-0.3, -0.25) is 4.79 Å². The van der Waals surface area contributed by atoms with Crippen molar-refractivity contribution in [3.8, 4) is 0 Å². The van der Waals surface area contributed by atoms with Gasteiger partial charge in [0.05, 0.1) is 6.42 Å². The normalized spacial score (nSPS) is 18.1. The van der Waals surface area contributed by atoms with Gasteiger partial charge in [-0.15, -0.1) is 0 Å². The second-order valence-electron chi connectivity index (χ2n) is 5.10. The zero-order valence-corrected chi connectivity index (χ0v) is 11.6. The van der Waals surface area contributed by atoms with Gasteiger partial charge in [0.2, 0.25) is 0 Å². The first-order valence-corrected chi connectivity index (χ1v) is 6.98. The maximum Gasteiger partial charge on any atom is 0.322 e. The first-order chi connectivity index (χ1) is 9.60. The van der Waals surface area contributed by atoms with Gasteiger partial charge in [0, 0.05) is 18.3 Å². The Morgan fingerprint density at radius 1 is 1.45 bits per heavy atom. The lowest BCUT2D eigenvalue weighted by Gasteiger charge is -2.24. The molecule has 1 aliphatic rings. The lowest BCUT2D eigenvalue weighted by Crippen LogP contribution is -2.38. The number of nitrogens with one attached hydrogen (secondary N) is 1. The summed E-state index contributed by atoms with van der Waals surface area (Å²) in [5.41, 5.74) is 1.33. The van der Waals surface area contributed by atoms with Crippen molar-refractivity contribution in [2.24, 2.45) is 0 Å². The predicted octanol–water partition coefficient (Wildman–Crippen LogP) is 2.72. The minimum atomic E-state index is -0.876. The fraction of sp³-hybridized carbons (Fsp3) is 0.467. The van der Waals surface area contributed by atoms with Crippen LogP contribution in [0.15, 0.2) is 24.3 Å². The lowest BCUT2D eigenvalue weighted by molar-refractivity contribution is -0.136. The Labute approximate surface area is 118 Å². The number of carbonyl (C=O) groups is 2. The molecule has 0 saturated carbocycles. The molecule has 5 heteroatoms. The number of nitrogens with zero attached hydrogens (tertiary/aromatic N) is 1. The fourth-order valence-electron chi connectivity index (χ4n) is 2.66. The van der Waals surface area contributed by atoms with E-state index in [0.717, 1.165) is 25.8 Å². The third-order valence-electron chi connectivity index (χ3n) is 3.64. The van der Waals surface area contributed by atoms with Crippen molar-refractivity contribution in [1.82, 2.24) is 4.90 Å². The molecule has 1 heterocycles. The van der Waals surface area contributed by atoms with Gasteiger partial charge < -0.3 is 15.3 Å². The number of anilines is 1. The largest absolute Gasteiger partial charge is 0.481 e. The topological polar surface area (TPSA) is 69.6 Å². The van der Waals surface area contributed by atoms with Crippen molar-refractivity contribution in [2.45, 2.75) is 38.6 Å². The number of rotatable bonds is 4. The number of carboxylic acid groups (broad SMARTS) is 1. The number of benzene rings is 1. The summed E-state index contributed by atoms with van der Waals surface area (Å²) in [6.45, 7) is 2.88. The molecule has 20 heavy (non-hydrogen) atoms. The van der Waals surface area contributed by atoms with Gasteiger partial charge in [0.25, 0.3) is 0 Å². The molecule has 1 unspecified atom stereocenters. The van der Waals surface area contributed by atoms with Gasteiger partial charge >= 0.3 is 12.0 Å². The van der Waals surface area contributed by atoms with Crippen LogP contribution < -0.4 is 5.32 Å². The maximum absolute atomic E-state index is 12.2. The van der Waals surface area contributed by atoms with Crippen LogP contribution in [0.2, 0.25) is 0 Å². The summed E-state index contributed by atoms with van der Waals surface area (Å²) in [6.07, 6.45) is 3.03. The number of carbonyl (C=O) groups excluding carboxylic acids is 1. The third kappa shape index (κ3) is 3.50. The number of aliphatic carboxylic acids is 1. The van der Waals surface area contributed by atoms with Gasteiger partial charge in [-0.05, 0) is 37.0 Å². The molecule has 1 aromatic rings. The highest BCUT2D eigenvalue weighted by Gasteiger charge is 2.27. The van der Waals surface area contributed by atoms with Crippen LogP contribution in [0.1, 0.15) is 31.7 Å². The summed E-state index contributed by atoms with van der Waals surface area (Å²) in [4.78, 5) is 24.8. The maximum atomic E-state index is 12.2. The van der Waals surface area contributed by atoms with Crippen molar-refractivity contribution < 1.29 is 14.7 Å². The molecule has 108 valence electrons. The third-order valence-corrected chi connectivity index (χ3v) is 3.64. The summed E-state index contributed by atoms with van der Waals surface area (Å²) in [5, 5.41) is 11.6. The molecule has 1 aromatic carbocycles. The molecular formula is C15H20N2O3. The lowest BCUT2D eigenvalue weighted by atomic mass is 10.1. The molecule has 2 rings (SSSR count).